The van der Waals surface area contributed by atoms with E-state index in [2.05, 4.69) is 21.0 Å². The van der Waals surface area contributed by atoms with E-state index >= 15 is 0 Å². The molecule has 0 N–H and O–H groups in total. The van der Waals surface area contributed by atoms with E-state index in [-0.39, 0.29) is 12.2 Å². The Balaban J connectivity index is 1.38. The first kappa shape index (κ1) is 16.8. The molecule has 3 heterocycles. The third kappa shape index (κ3) is 3.63. The van der Waals surface area contributed by atoms with E-state index in [9.17, 15) is 4.79 Å². The van der Waals surface area contributed by atoms with Crippen LogP contribution in [-0.4, -0.2) is 53.2 Å². The van der Waals surface area contributed by atoms with Gasteiger partial charge in [0.2, 0.25) is 0 Å². The van der Waals surface area contributed by atoms with Crippen molar-refractivity contribution < 1.29 is 14.3 Å². The predicted octanol–water partition coefficient (Wildman–Crippen LogP) is 2.86. The van der Waals surface area contributed by atoms with Crippen LogP contribution in [0.1, 0.15) is 23.2 Å². The highest BCUT2D eigenvalue weighted by molar-refractivity contribution is 9.10. The number of aromatic nitrogens is 2. The minimum Gasteiger partial charge on any atom is -0.350 e. The maximum Gasteiger partial charge on any atom is 0.253 e. The molecule has 1 amide bonds. The number of carbonyl (C=O) groups excluding carboxylic acids is 1. The first-order valence-electron chi connectivity index (χ1n) is 8.54. The van der Waals surface area contributed by atoms with Crippen LogP contribution >= 0.6 is 15.9 Å². The van der Waals surface area contributed by atoms with Gasteiger partial charge in [0.05, 0.1) is 29.6 Å². The number of carbonyl (C=O) groups is 1. The molecule has 0 bridgehead atoms. The summed E-state index contributed by atoms with van der Waals surface area (Å²) in [6.07, 6.45) is 5.39. The van der Waals surface area contributed by atoms with Crippen LogP contribution in [0.5, 0.6) is 0 Å². The van der Waals surface area contributed by atoms with Crippen molar-refractivity contribution >= 4 is 21.8 Å². The maximum absolute atomic E-state index is 12.7. The summed E-state index contributed by atoms with van der Waals surface area (Å²) >= 11 is 3.39. The number of piperidine rings is 1. The Morgan fingerprint density at radius 3 is 2.40 bits per heavy atom. The van der Waals surface area contributed by atoms with Gasteiger partial charge >= 0.3 is 0 Å². The molecule has 0 aliphatic carbocycles. The van der Waals surface area contributed by atoms with Gasteiger partial charge in [-0.2, -0.15) is 5.10 Å². The first-order chi connectivity index (χ1) is 12.2. The Morgan fingerprint density at radius 1 is 1.12 bits per heavy atom. The number of benzene rings is 1. The molecule has 0 saturated carbocycles. The quantitative estimate of drug-likeness (QED) is 0.787. The Morgan fingerprint density at radius 2 is 1.80 bits per heavy atom. The van der Waals surface area contributed by atoms with E-state index < -0.39 is 0 Å². The lowest BCUT2D eigenvalue weighted by Crippen LogP contribution is -2.41. The summed E-state index contributed by atoms with van der Waals surface area (Å²) in [5.74, 6) is 0.479. The zero-order valence-corrected chi connectivity index (χ0v) is 15.4. The largest absolute Gasteiger partial charge is 0.350 e. The highest BCUT2D eigenvalue weighted by atomic mass is 79.9. The molecule has 7 heteroatoms. The van der Waals surface area contributed by atoms with Gasteiger partial charge in [-0.15, -0.1) is 0 Å². The van der Waals surface area contributed by atoms with Gasteiger partial charge in [0.15, 0.2) is 6.29 Å². The second-order valence-electron chi connectivity index (χ2n) is 6.39. The minimum atomic E-state index is -0.0788. The molecule has 2 aliphatic rings. The first-order valence-corrected chi connectivity index (χ1v) is 9.33. The lowest BCUT2D eigenvalue weighted by molar-refractivity contribution is -0.0956. The van der Waals surface area contributed by atoms with Crippen molar-refractivity contribution in [1.29, 1.82) is 0 Å². The van der Waals surface area contributed by atoms with E-state index in [0.717, 1.165) is 36.1 Å². The number of ether oxygens (including phenoxy) is 2. The second-order valence-corrected chi connectivity index (χ2v) is 7.31. The molecular formula is C18H20BrN3O3. The molecule has 0 atom stereocenters. The monoisotopic (exact) mass is 405 g/mol. The topological polar surface area (TPSA) is 56.6 Å². The number of likely N-dealkylation sites (tertiary alicyclic amines) is 1. The van der Waals surface area contributed by atoms with Crippen LogP contribution in [0.3, 0.4) is 0 Å². The summed E-state index contributed by atoms with van der Waals surface area (Å²) in [5, 5.41) is 4.25. The highest BCUT2D eigenvalue weighted by Gasteiger charge is 2.31. The number of hydrogen-bond donors (Lipinski definition) is 0. The van der Waals surface area contributed by atoms with Crippen LogP contribution in [0.25, 0.3) is 5.69 Å². The molecule has 4 rings (SSSR count). The van der Waals surface area contributed by atoms with E-state index in [1.807, 2.05) is 35.4 Å². The zero-order chi connectivity index (χ0) is 17.2. The minimum absolute atomic E-state index is 0.0788. The summed E-state index contributed by atoms with van der Waals surface area (Å²) in [4.78, 5) is 14.6. The molecule has 2 saturated heterocycles. The van der Waals surface area contributed by atoms with E-state index in [1.165, 1.54) is 0 Å². The summed E-state index contributed by atoms with van der Waals surface area (Å²) < 4.78 is 13.9. The van der Waals surface area contributed by atoms with Crippen LogP contribution in [0, 0.1) is 5.92 Å². The molecule has 132 valence electrons. The Hall–Kier alpha value is -1.70. The summed E-state index contributed by atoms with van der Waals surface area (Å²) in [6.45, 7) is 2.87. The fraction of sp³-hybridized carbons (Fsp3) is 0.444. The number of nitrogens with zero attached hydrogens (tertiary/aromatic N) is 3. The SMILES string of the molecule is O=C(c1ccc(-n2cc(Br)cn2)cc1)N1CCC(C2OCCO2)CC1. The van der Waals surface area contributed by atoms with Crippen molar-refractivity contribution in [3.8, 4) is 5.69 Å². The number of amides is 1. The van der Waals surface area contributed by atoms with Crippen molar-refractivity contribution in [3.63, 3.8) is 0 Å². The zero-order valence-electron chi connectivity index (χ0n) is 13.8. The van der Waals surface area contributed by atoms with E-state index in [4.69, 9.17) is 9.47 Å². The highest BCUT2D eigenvalue weighted by Crippen LogP contribution is 2.26. The van der Waals surface area contributed by atoms with Crippen LogP contribution in [0.4, 0.5) is 0 Å². The molecular weight excluding hydrogens is 386 g/mol. The smallest absolute Gasteiger partial charge is 0.253 e. The van der Waals surface area contributed by atoms with Crippen molar-refractivity contribution in [2.75, 3.05) is 26.3 Å². The summed E-state index contributed by atoms with van der Waals surface area (Å²) in [7, 11) is 0. The fourth-order valence-corrected chi connectivity index (χ4v) is 3.69. The molecule has 0 unspecified atom stereocenters. The van der Waals surface area contributed by atoms with E-state index in [1.54, 1.807) is 10.9 Å². The van der Waals surface area contributed by atoms with Gasteiger partial charge in [-0.3, -0.25) is 4.79 Å². The lowest BCUT2D eigenvalue weighted by atomic mass is 9.95. The summed E-state index contributed by atoms with van der Waals surface area (Å²) in [6, 6.07) is 7.56. The van der Waals surface area contributed by atoms with Crippen molar-refractivity contribution in [1.82, 2.24) is 14.7 Å². The molecule has 0 radical (unpaired) electrons. The van der Waals surface area contributed by atoms with Crippen LogP contribution in [0.2, 0.25) is 0 Å². The third-order valence-corrected chi connectivity index (χ3v) is 5.20. The molecule has 1 aromatic heterocycles. The van der Waals surface area contributed by atoms with Gasteiger partial charge in [-0.25, -0.2) is 4.68 Å². The fourth-order valence-electron chi connectivity index (χ4n) is 3.40. The van der Waals surface area contributed by atoms with Crippen molar-refractivity contribution in [2.24, 2.45) is 5.92 Å². The Bertz CT molecular complexity index is 732. The van der Waals surface area contributed by atoms with Gasteiger partial charge < -0.3 is 14.4 Å². The normalized spacial score (nSPS) is 19.5. The average Bonchev–Trinajstić information content (AvgIpc) is 3.33. The molecule has 0 spiro atoms. The van der Waals surface area contributed by atoms with Crippen LogP contribution in [0.15, 0.2) is 41.1 Å². The molecule has 2 aliphatic heterocycles. The molecule has 6 nitrogen and oxygen atoms in total. The molecule has 2 aromatic rings. The molecule has 25 heavy (non-hydrogen) atoms. The van der Waals surface area contributed by atoms with Gasteiger partial charge in [0.1, 0.15) is 0 Å². The standard InChI is InChI=1S/C18H20BrN3O3/c19-15-11-20-22(12-15)16-3-1-13(2-4-16)17(23)21-7-5-14(6-8-21)18-24-9-10-25-18/h1-4,11-12,14,18H,5-10H2. The summed E-state index contributed by atoms with van der Waals surface area (Å²) in [5.41, 5.74) is 1.64. The second kappa shape index (κ2) is 7.27. The molecule has 2 fully saturated rings. The Labute approximate surface area is 154 Å². The third-order valence-electron chi connectivity index (χ3n) is 4.79. The van der Waals surface area contributed by atoms with Gasteiger partial charge in [0.25, 0.3) is 5.91 Å². The number of rotatable bonds is 3. The van der Waals surface area contributed by atoms with Crippen LogP contribution in [-0.2, 0) is 9.47 Å². The average molecular weight is 406 g/mol. The van der Waals surface area contributed by atoms with Crippen molar-refractivity contribution in [2.45, 2.75) is 19.1 Å². The van der Waals surface area contributed by atoms with Crippen molar-refractivity contribution in [3.05, 3.63) is 46.7 Å². The van der Waals surface area contributed by atoms with Gasteiger partial charge in [0, 0.05) is 30.8 Å². The lowest BCUT2D eigenvalue weighted by Gasteiger charge is -2.33. The number of halogens is 1. The van der Waals surface area contributed by atoms with Crippen LogP contribution < -0.4 is 0 Å². The number of hydrogen-bond acceptors (Lipinski definition) is 4. The van der Waals surface area contributed by atoms with Gasteiger partial charge in [-0.1, -0.05) is 0 Å². The molecule has 1 aromatic carbocycles. The van der Waals surface area contributed by atoms with Gasteiger partial charge in [-0.05, 0) is 53.0 Å². The predicted molar refractivity (Wildman–Crippen MR) is 95.6 cm³/mol. The Kier molecular flexibility index (Phi) is 4.87. The van der Waals surface area contributed by atoms with E-state index in [0.29, 0.717) is 24.7 Å². The maximum atomic E-state index is 12.7.